The maximum absolute atomic E-state index is 12.1. The highest BCUT2D eigenvalue weighted by atomic mass is 16.7. The van der Waals surface area contributed by atoms with Gasteiger partial charge in [-0.2, -0.15) is 0 Å². The lowest BCUT2D eigenvalue weighted by atomic mass is 10.2. The third-order valence-electron chi connectivity index (χ3n) is 3.21. The molecule has 0 radical (unpaired) electrons. The van der Waals surface area contributed by atoms with E-state index in [1.165, 1.54) is 24.3 Å². The first-order valence-electron chi connectivity index (χ1n) is 8.01. The molecule has 2 rings (SSSR count). The van der Waals surface area contributed by atoms with Gasteiger partial charge in [-0.1, -0.05) is 0 Å². The van der Waals surface area contributed by atoms with Gasteiger partial charge in [-0.3, -0.25) is 0 Å². The highest BCUT2D eigenvalue weighted by Crippen LogP contribution is 2.20. The lowest BCUT2D eigenvalue weighted by molar-refractivity contribution is 0.0559. The molecule has 2 aromatic carbocycles. The largest absolute Gasteiger partial charge is 0.513 e. The zero-order valence-corrected chi connectivity index (χ0v) is 14.6. The van der Waals surface area contributed by atoms with Gasteiger partial charge in [-0.05, 0) is 55.5 Å². The van der Waals surface area contributed by atoms with Crippen molar-refractivity contribution >= 4 is 12.1 Å². The molecule has 7 nitrogen and oxygen atoms in total. The van der Waals surface area contributed by atoms with E-state index in [0.29, 0.717) is 30.3 Å². The second-order valence-corrected chi connectivity index (χ2v) is 4.99. The van der Waals surface area contributed by atoms with E-state index in [4.69, 9.17) is 23.7 Å². The number of carbonyl (C=O) groups is 2. The van der Waals surface area contributed by atoms with Gasteiger partial charge in [-0.15, -0.1) is 0 Å². The lowest BCUT2D eigenvalue weighted by Crippen LogP contribution is -2.14. The van der Waals surface area contributed by atoms with Crippen LogP contribution in [0.25, 0.3) is 0 Å². The number of rotatable bonds is 8. The van der Waals surface area contributed by atoms with Gasteiger partial charge in [0.1, 0.15) is 23.9 Å². The highest BCUT2D eigenvalue weighted by molar-refractivity contribution is 5.91. The number of hydrogen-bond donors (Lipinski definition) is 0. The Labute approximate surface area is 151 Å². The van der Waals surface area contributed by atoms with Crippen molar-refractivity contribution in [1.29, 1.82) is 0 Å². The van der Waals surface area contributed by atoms with E-state index in [9.17, 15) is 9.59 Å². The first-order chi connectivity index (χ1) is 12.6. The quantitative estimate of drug-likeness (QED) is 0.309. The molecule has 0 heterocycles. The fraction of sp³-hybridized carbons (Fsp3) is 0.263. The number of esters is 1. The van der Waals surface area contributed by atoms with Crippen LogP contribution in [0.5, 0.6) is 17.2 Å². The number of hydrogen-bond acceptors (Lipinski definition) is 7. The molecule has 26 heavy (non-hydrogen) atoms. The Morgan fingerprint density at radius 3 is 1.96 bits per heavy atom. The van der Waals surface area contributed by atoms with E-state index in [1.807, 2.05) is 6.92 Å². The first-order valence-corrected chi connectivity index (χ1v) is 8.01. The fourth-order valence-electron chi connectivity index (χ4n) is 1.92. The molecule has 0 spiro atoms. The van der Waals surface area contributed by atoms with Gasteiger partial charge < -0.3 is 23.7 Å². The summed E-state index contributed by atoms with van der Waals surface area (Å²) in [4.78, 5) is 23.5. The minimum atomic E-state index is -0.826. The molecule has 0 aliphatic heterocycles. The Balaban J connectivity index is 1.84. The fourth-order valence-corrected chi connectivity index (χ4v) is 1.92. The summed E-state index contributed by atoms with van der Waals surface area (Å²) in [6.07, 6.45) is -0.826. The third-order valence-corrected chi connectivity index (χ3v) is 3.21. The molecule has 2 aromatic rings. The van der Waals surface area contributed by atoms with Crippen molar-refractivity contribution in [3.05, 3.63) is 54.1 Å². The van der Waals surface area contributed by atoms with Gasteiger partial charge in [0.05, 0.1) is 19.3 Å². The first kappa shape index (κ1) is 19.3. The molecule has 0 unspecified atom stereocenters. The van der Waals surface area contributed by atoms with Crippen LogP contribution in [0.1, 0.15) is 17.3 Å². The van der Waals surface area contributed by atoms with Crippen LogP contribution >= 0.6 is 0 Å². The Hall–Kier alpha value is -3.06. The summed E-state index contributed by atoms with van der Waals surface area (Å²) in [5.74, 6) is 0.742. The SMILES string of the molecule is CCOCCOC(=O)Oc1ccc(OC(=O)c2ccc(OC)cc2)cc1. The maximum Gasteiger partial charge on any atom is 0.513 e. The molecule has 0 atom stereocenters. The van der Waals surface area contributed by atoms with E-state index < -0.39 is 12.1 Å². The van der Waals surface area contributed by atoms with Crippen molar-refractivity contribution in [3.63, 3.8) is 0 Å². The van der Waals surface area contributed by atoms with Gasteiger partial charge >= 0.3 is 12.1 Å². The molecular formula is C19H20O7. The van der Waals surface area contributed by atoms with Crippen LogP contribution in [0, 0.1) is 0 Å². The monoisotopic (exact) mass is 360 g/mol. The van der Waals surface area contributed by atoms with E-state index in [2.05, 4.69) is 0 Å². The Morgan fingerprint density at radius 1 is 0.808 bits per heavy atom. The average molecular weight is 360 g/mol. The molecule has 0 amide bonds. The minimum absolute atomic E-state index is 0.115. The molecule has 7 heteroatoms. The number of carbonyl (C=O) groups excluding carboxylic acids is 2. The topological polar surface area (TPSA) is 80.3 Å². The molecule has 0 fully saturated rings. The molecule has 0 N–H and O–H groups in total. The van der Waals surface area contributed by atoms with Crippen molar-refractivity contribution in [1.82, 2.24) is 0 Å². The molecule has 0 saturated carbocycles. The van der Waals surface area contributed by atoms with Crippen LogP contribution in [-0.2, 0) is 9.47 Å². The van der Waals surface area contributed by atoms with Crippen molar-refractivity contribution in [2.75, 3.05) is 26.9 Å². The van der Waals surface area contributed by atoms with Gasteiger partial charge in [0.15, 0.2) is 0 Å². The second kappa shape index (κ2) is 10.0. The van der Waals surface area contributed by atoms with E-state index in [1.54, 1.807) is 31.4 Å². The smallest absolute Gasteiger partial charge is 0.497 e. The number of ether oxygens (including phenoxy) is 5. The normalized spacial score (nSPS) is 10.1. The van der Waals surface area contributed by atoms with Crippen LogP contribution in [0.2, 0.25) is 0 Å². The minimum Gasteiger partial charge on any atom is -0.497 e. The Morgan fingerprint density at radius 2 is 1.38 bits per heavy atom. The van der Waals surface area contributed by atoms with Crippen molar-refractivity contribution < 1.29 is 33.3 Å². The van der Waals surface area contributed by atoms with Crippen molar-refractivity contribution in [3.8, 4) is 17.2 Å². The summed E-state index contributed by atoms with van der Waals surface area (Å²) >= 11 is 0. The summed E-state index contributed by atoms with van der Waals surface area (Å²) in [6.45, 7) is 2.83. The number of benzene rings is 2. The van der Waals surface area contributed by atoms with Crippen molar-refractivity contribution in [2.24, 2.45) is 0 Å². The van der Waals surface area contributed by atoms with Crippen LogP contribution in [0.15, 0.2) is 48.5 Å². The van der Waals surface area contributed by atoms with Crippen LogP contribution in [0.3, 0.4) is 0 Å². The summed E-state index contributed by atoms with van der Waals surface area (Å²) < 4.78 is 25.2. The average Bonchev–Trinajstić information content (AvgIpc) is 2.67. The zero-order valence-electron chi connectivity index (χ0n) is 14.6. The predicted molar refractivity (Wildman–Crippen MR) is 92.9 cm³/mol. The Bertz CT molecular complexity index is 708. The van der Waals surface area contributed by atoms with Crippen LogP contribution in [0.4, 0.5) is 4.79 Å². The third kappa shape index (κ3) is 6.10. The van der Waals surface area contributed by atoms with Gasteiger partial charge in [0, 0.05) is 6.61 Å². The molecular weight excluding hydrogens is 340 g/mol. The standard InChI is InChI=1S/C19H20O7/c1-3-23-12-13-24-19(21)26-17-10-8-16(9-11-17)25-18(20)14-4-6-15(22-2)7-5-14/h4-11H,3,12-13H2,1-2H3. The van der Waals surface area contributed by atoms with Gasteiger partial charge in [0.25, 0.3) is 0 Å². The summed E-state index contributed by atoms with van der Waals surface area (Å²) in [5.41, 5.74) is 0.393. The second-order valence-electron chi connectivity index (χ2n) is 4.99. The maximum atomic E-state index is 12.1. The molecule has 0 aromatic heterocycles. The lowest BCUT2D eigenvalue weighted by Gasteiger charge is -2.08. The molecule has 0 saturated heterocycles. The molecule has 0 aliphatic rings. The van der Waals surface area contributed by atoms with E-state index in [-0.39, 0.29) is 12.4 Å². The van der Waals surface area contributed by atoms with Gasteiger partial charge in [0.2, 0.25) is 0 Å². The highest BCUT2D eigenvalue weighted by Gasteiger charge is 2.10. The summed E-state index contributed by atoms with van der Waals surface area (Å²) in [6, 6.07) is 12.6. The number of methoxy groups -OCH3 is 1. The van der Waals surface area contributed by atoms with Crippen molar-refractivity contribution in [2.45, 2.75) is 6.92 Å². The van der Waals surface area contributed by atoms with Crippen LogP contribution in [-0.4, -0.2) is 39.1 Å². The predicted octanol–water partition coefficient (Wildman–Crippen LogP) is 3.47. The molecule has 138 valence electrons. The Kier molecular flexibility index (Phi) is 7.45. The van der Waals surface area contributed by atoms with E-state index >= 15 is 0 Å². The van der Waals surface area contributed by atoms with E-state index in [0.717, 1.165) is 0 Å². The zero-order chi connectivity index (χ0) is 18.8. The summed E-state index contributed by atoms with van der Waals surface area (Å²) in [5, 5.41) is 0. The summed E-state index contributed by atoms with van der Waals surface area (Å²) in [7, 11) is 1.55. The molecule has 0 bridgehead atoms. The molecule has 0 aliphatic carbocycles. The van der Waals surface area contributed by atoms with Crippen LogP contribution < -0.4 is 14.2 Å². The van der Waals surface area contributed by atoms with Gasteiger partial charge in [-0.25, -0.2) is 9.59 Å².